The van der Waals surface area contributed by atoms with Crippen molar-refractivity contribution in [2.24, 2.45) is 0 Å². The van der Waals surface area contributed by atoms with Crippen molar-refractivity contribution in [3.05, 3.63) is 243 Å². The Morgan fingerprint density at radius 3 is 0.742 bits per heavy atom. The van der Waals surface area contributed by atoms with Gasteiger partial charge in [-0.1, -0.05) is 121 Å². The highest BCUT2D eigenvalue weighted by atomic mass is 15.1. The van der Waals surface area contributed by atoms with Gasteiger partial charge in [0.25, 0.3) is 0 Å². The number of rotatable bonds is 7. The van der Waals surface area contributed by atoms with E-state index in [1.165, 1.54) is 75.8 Å². The Hall–Kier alpha value is -8.20. The molecule has 290 valence electrons. The van der Waals surface area contributed by atoms with Crippen LogP contribution in [-0.2, 0) is 0 Å². The van der Waals surface area contributed by atoms with Crippen LogP contribution in [-0.4, -0.2) is 0 Å². The van der Waals surface area contributed by atoms with Crippen molar-refractivity contribution in [1.82, 2.24) is 0 Å². The van der Waals surface area contributed by atoms with Crippen LogP contribution in [0, 0.1) is 0 Å². The van der Waals surface area contributed by atoms with Crippen LogP contribution in [0.5, 0.6) is 0 Å². The SMILES string of the molecule is c1ccc(N(c2ccc(-c3ccc(N(c4ccccc4)c4ccc5cc6cc7ccccc7cc6cc5c4)cc3)cc2)c2ccc3cc4cc5ccccc5cc4cc3c2)cc1. The fourth-order valence-electron chi connectivity index (χ4n) is 9.29. The molecule has 0 amide bonds. The lowest BCUT2D eigenvalue weighted by Gasteiger charge is -2.26. The van der Waals surface area contributed by atoms with E-state index in [4.69, 9.17) is 0 Å². The summed E-state index contributed by atoms with van der Waals surface area (Å²) in [5.74, 6) is 0. The Morgan fingerprint density at radius 1 is 0.161 bits per heavy atom. The van der Waals surface area contributed by atoms with Gasteiger partial charge in [-0.15, -0.1) is 0 Å². The minimum Gasteiger partial charge on any atom is -0.310 e. The molecule has 2 nitrogen and oxygen atoms in total. The molecule has 0 fully saturated rings. The minimum absolute atomic E-state index is 1.11. The second kappa shape index (κ2) is 14.8. The van der Waals surface area contributed by atoms with Crippen molar-refractivity contribution in [1.29, 1.82) is 0 Å². The number of para-hydroxylation sites is 2. The van der Waals surface area contributed by atoms with Crippen LogP contribution < -0.4 is 9.80 Å². The quantitative estimate of drug-likeness (QED) is 0.148. The van der Waals surface area contributed by atoms with E-state index < -0.39 is 0 Å². The Bertz CT molecular complexity index is 3370. The van der Waals surface area contributed by atoms with E-state index in [1.807, 2.05) is 0 Å². The molecule has 0 aliphatic heterocycles. The second-order valence-electron chi connectivity index (χ2n) is 16.3. The van der Waals surface area contributed by atoms with Gasteiger partial charge in [0.15, 0.2) is 0 Å². The summed E-state index contributed by atoms with van der Waals surface area (Å²) in [6.07, 6.45) is 0. The molecule has 0 bridgehead atoms. The number of benzene rings is 12. The second-order valence-corrected chi connectivity index (χ2v) is 16.3. The fraction of sp³-hybridized carbons (Fsp3) is 0. The summed E-state index contributed by atoms with van der Waals surface area (Å²) < 4.78 is 0. The van der Waals surface area contributed by atoms with Gasteiger partial charge >= 0.3 is 0 Å². The van der Waals surface area contributed by atoms with Gasteiger partial charge < -0.3 is 9.80 Å². The van der Waals surface area contributed by atoms with Gasteiger partial charge in [-0.3, -0.25) is 0 Å². The maximum Gasteiger partial charge on any atom is 0.0468 e. The van der Waals surface area contributed by atoms with Gasteiger partial charge in [-0.25, -0.2) is 0 Å². The largest absolute Gasteiger partial charge is 0.310 e. The molecular weight excluding hydrogens is 749 g/mol. The summed E-state index contributed by atoms with van der Waals surface area (Å²) in [6.45, 7) is 0. The lowest BCUT2D eigenvalue weighted by Crippen LogP contribution is -2.10. The minimum atomic E-state index is 1.11. The summed E-state index contributed by atoms with van der Waals surface area (Å²) in [5.41, 5.74) is 9.03. The van der Waals surface area contributed by atoms with Crippen molar-refractivity contribution in [3.63, 3.8) is 0 Å². The van der Waals surface area contributed by atoms with Crippen LogP contribution in [0.4, 0.5) is 34.1 Å². The number of anilines is 6. The molecule has 2 heteroatoms. The monoisotopic (exact) mass is 788 g/mol. The Balaban J connectivity index is 0.876. The molecule has 0 aliphatic rings. The predicted molar refractivity (Wildman–Crippen MR) is 266 cm³/mol. The van der Waals surface area contributed by atoms with Crippen molar-refractivity contribution in [3.8, 4) is 11.1 Å². The normalized spacial score (nSPS) is 11.5. The summed E-state index contributed by atoms with van der Waals surface area (Å²) in [7, 11) is 0. The van der Waals surface area contributed by atoms with E-state index in [0.29, 0.717) is 0 Å². The molecule has 12 aromatic rings. The van der Waals surface area contributed by atoms with Crippen molar-refractivity contribution < 1.29 is 0 Å². The van der Waals surface area contributed by atoms with E-state index in [-0.39, 0.29) is 0 Å². The molecule has 0 aliphatic carbocycles. The number of fused-ring (bicyclic) bond motifs is 6. The molecule has 12 aromatic carbocycles. The maximum absolute atomic E-state index is 2.35. The molecule has 0 saturated carbocycles. The lowest BCUT2D eigenvalue weighted by atomic mass is 9.99. The summed E-state index contributed by atoms with van der Waals surface area (Å²) in [4.78, 5) is 4.70. The molecule has 0 radical (unpaired) electrons. The Morgan fingerprint density at radius 2 is 0.403 bits per heavy atom. The fourth-order valence-corrected chi connectivity index (χ4v) is 9.29. The highest BCUT2D eigenvalue weighted by molar-refractivity contribution is 6.07. The van der Waals surface area contributed by atoms with Crippen molar-refractivity contribution >= 4 is 98.8 Å². The molecule has 0 atom stereocenters. The van der Waals surface area contributed by atoms with Gasteiger partial charge in [0.05, 0.1) is 0 Å². The van der Waals surface area contributed by atoms with Crippen LogP contribution in [0.1, 0.15) is 0 Å². The number of nitrogens with zero attached hydrogens (tertiary/aromatic N) is 2. The van der Waals surface area contributed by atoms with Gasteiger partial charge in [-0.05, 0) is 197 Å². The molecule has 0 saturated heterocycles. The smallest absolute Gasteiger partial charge is 0.0468 e. The molecule has 0 heterocycles. The predicted octanol–water partition coefficient (Wildman–Crippen LogP) is 17.2. The van der Waals surface area contributed by atoms with Gasteiger partial charge in [0, 0.05) is 34.1 Å². The average Bonchev–Trinajstić information content (AvgIpc) is 3.32. The number of hydrogen-bond acceptors (Lipinski definition) is 2. The molecule has 0 N–H and O–H groups in total. The van der Waals surface area contributed by atoms with Gasteiger partial charge in [0.2, 0.25) is 0 Å². The third-order valence-electron chi connectivity index (χ3n) is 12.4. The lowest BCUT2D eigenvalue weighted by molar-refractivity contribution is 1.28. The van der Waals surface area contributed by atoms with E-state index >= 15 is 0 Å². The standard InChI is InChI=1S/C60H40N2/c1-3-15-55(16-4-1)61(59-29-23-47-35-49-31-43-11-7-9-13-45(43)33-51(49)37-53(47)39-59)57-25-19-41(20-26-57)42-21-27-58(28-22-42)62(56-17-5-2-6-18-56)60-30-24-48-36-50-32-44-12-8-10-14-46(44)34-52(50)38-54(48)40-60/h1-40H. The zero-order chi connectivity index (χ0) is 41.0. The van der Waals surface area contributed by atoms with E-state index in [2.05, 4.69) is 252 Å². The molecule has 12 rings (SSSR count). The zero-order valence-electron chi connectivity index (χ0n) is 34.0. The molecule has 62 heavy (non-hydrogen) atoms. The first-order valence-electron chi connectivity index (χ1n) is 21.3. The third-order valence-corrected chi connectivity index (χ3v) is 12.4. The molecular formula is C60H40N2. The maximum atomic E-state index is 2.35. The van der Waals surface area contributed by atoms with Crippen molar-refractivity contribution in [2.75, 3.05) is 9.80 Å². The summed E-state index contributed by atoms with van der Waals surface area (Å²) in [5, 5.41) is 15.0. The highest BCUT2D eigenvalue weighted by Crippen LogP contribution is 2.40. The van der Waals surface area contributed by atoms with Crippen LogP contribution in [0.2, 0.25) is 0 Å². The van der Waals surface area contributed by atoms with Crippen molar-refractivity contribution in [2.45, 2.75) is 0 Å². The van der Waals surface area contributed by atoms with E-state index in [0.717, 1.165) is 34.1 Å². The number of hydrogen-bond donors (Lipinski definition) is 0. The van der Waals surface area contributed by atoms with Gasteiger partial charge in [0.1, 0.15) is 0 Å². The topological polar surface area (TPSA) is 6.48 Å². The Labute approximate surface area is 360 Å². The summed E-state index contributed by atoms with van der Waals surface area (Å²) in [6, 6.07) is 88.6. The van der Waals surface area contributed by atoms with E-state index in [9.17, 15) is 0 Å². The highest BCUT2D eigenvalue weighted by Gasteiger charge is 2.16. The third kappa shape index (κ3) is 6.46. The molecule has 0 unspecified atom stereocenters. The van der Waals surface area contributed by atoms with E-state index in [1.54, 1.807) is 0 Å². The molecule has 0 spiro atoms. The van der Waals surface area contributed by atoms with Crippen LogP contribution >= 0.6 is 0 Å². The molecule has 0 aromatic heterocycles. The first-order valence-corrected chi connectivity index (χ1v) is 21.3. The van der Waals surface area contributed by atoms with Crippen LogP contribution in [0.15, 0.2) is 243 Å². The Kier molecular flexibility index (Phi) is 8.53. The van der Waals surface area contributed by atoms with Crippen LogP contribution in [0.3, 0.4) is 0 Å². The van der Waals surface area contributed by atoms with Gasteiger partial charge in [-0.2, -0.15) is 0 Å². The first-order chi connectivity index (χ1) is 30.7. The zero-order valence-corrected chi connectivity index (χ0v) is 34.0. The summed E-state index contributed by atoms with van der Waals surface area (Å²) >= 11 is 0. The first kappa shape index (κ1) is 35.7. The van der Waals surface area contributed by atoms with Crippen LogP contribution in [0.25, 0.3) is 75.8 Å². The average molecular weight is 789 g/mol.